The number of imide groups is 1. The highest BCUT2D eigenvalue weighted by atomic mass is 16.5. The van der Waals surface area contributed by atoms with Crippen LogP contribution in [0, 0.1) is 11.3 Å². The summed E-state index contributed by atoms with van der Waals surface area (Å²) in [7, 11) is 0. The van der Waals surface area contributed by atoms with Crippen molar-refractivity contribution in [1.82, 2.24) is 10.2 Å². The van der Waals surface area contributed by atoms with Crippen LogP contribution in [0.1, 0.15) is 46.5 Å². The van der Waals surface area contributed by atoms with Gasteiger partial charge >= 0.3 is 12.0 Å². The van der Waals surface area contributed by atoms with Gasteiger partial charge in [0.05, 0.1) is 0 Å². The van der Waals surface area contributed by atoms with Crippen LogP contribution in [0.25, 0.3) is 0 Å². The number of nitrogens with one attached hydrogen (secondary N) is 1. The Bertz CT molecular complexity index is 463. The predicted molar refractivity (Wildman–Crippen MR) is 74.0 cm³/mol. The molecule has 0 bridgehead atoms. The van der Waals surface area contributed by atoms with E-state index in [0.29, 0.717) is 12.8 Å². The third kappa shape index (κ3) is 3.72. The zero-order chi connectivity index (χ0) is 16.0. The minimum atomic E-state index is -0.915. The Kier molecular flexibility index (Phi) is 5.70. The van der Waals surface area contributed by atoms with Gasteiger partial charge in [-0.25, -0.2) is 4.79 Å². The van der Waals surface area contributed by atoms with Crippen LogP contribution in [0.2, 0.25) is 0 Å². The van der Waals surface area contributed by atoms with Gasteiger partial charge in [-0.1, -0.05) is 26.7 Å². The first kappa shape index (κ1) is 17.0. The van der Waals surface area contributed by atoms with Gasteiger partial charge in [-0.05, 0) is 19.8 Å². The Morgan fingerprint density at radius 2 is 1.95 bits per heavy atom. The number of esters is 1. The van der Waals surface area contributed by atoms with Gasteiger partial charge in [-0.2, -0.15) is 5.26 Å². The summed E-state index contributed by atoms with van der Waals surface area (Å²) in [5.41, 5.74) is -0.915. The molecule has 1 heterocycles. The molecule has 0 aliphatic carbocycles. The number of carbonyl (C=O) groups excluding carboxylic acids is 3. The second kappa shape index (κ2) is 7.07. The SMILES string of the molecule is CCCC1(CCC)NC(=O)N(CC(=O)O[C@@H](C)C#N)C1=O. The van der Waals surface area contributed by atoms with E-state index < -0.39 is 36.1 Å². The van der Waals surface area contributed by atoms with E-state index in [1.807, 2.05) is 13.8 Å². The van der Waals surface area contributed by atoms with E-state index in [-0.39, 0.29) is 0 Å². The summed E-state index contributed by atoms with van der Waals surface area (Å²) in [6.07, 6.45) is 1.65. The van der Waals surface area contributed by atoms with E-state index in [9.17, 15) is 14.4 Å². The Balaban J connectivity index is 2.81. The van der Waals surface area contributed by atoms with Gasteiger partial charge in [-0.15, -0.1) is 0 Å². The van der Waals surface area contributed by atoms with Crippen molar-refractivity contribution in [2.24, 2.45) is 0 Å². The molecule has 0 aromatic carbocycles. The third-order valence-corrected chi connectivity index (χ3v) is 3.38. The second-order valence-corrected chi connectivity index (χ2v) is 5.16. The first-order valence-electron chi connectivity index (χ1n) is 7.13. The third-order valence-electron chi connectivity index (χ3n) is 3.38. The summed E-state index contributed by atoms with van der Waals surface area (Å²) in [6.45, 7) is 4.82. The topological polar surface area (TPSA) is 99.5 Å². The average Bonchev–Trinajstić information content (AvgIpc) is 2.64. The zero-order valence-electron chi connectivity index (χ0n) is 12.6. The van der Waals surface area contributed by atoms with E-state index >= 15 is 0 Å². The first-order valence-corrected chi connectivity index (χ1v) is 7.13. The summed E-state index contributed by atoms with van der Waals surface area (Å²) in [5.74, 6) is -1.16. The molecule has 0 spiro atoms. The quantitative estimate of drug-likeness (QED) is 0.564. The summed E-state index contributed by atoms with van der Waals surface area (Å²) in [6, 6.07) is 1.17. The molecule has 3 amide bonds. The molecule has 116 valence electrons. The summed E-state index contributed by atoms with van der Waals surface area (Å²) < 4.78 is 4.77. The molecule has 1 N–H and O–H groups in total. The standard InChI is InChI=1S/C14H21N3O4/c1-4-6-14(7-5-2)12(19)17(13(20)16-14)9-11(18)21-10(3)8-15/h10H,4-7,9H2,1-3H3,(H,16,20)/t10-/m0/s1. The second-order valence-electron chi connectivity index (χ2n) is 5.16. The number of hydrogen-bond acceptors (Lipinski definition) is 5. The lowest BCUT2D eigenvalue weighted by Gasteiger charge is -2.25. The zero-order valence-corrected chi connectivity index (χ0v) is 12.6. The molecule has 0 aromatic rings. The highest BCUT2D eigenvalue weighted by Gasteiger charge is 2.50. The number of nitrogens with zero attached hydrogens (tertiary/aromatic N) is 2. The molecular weight excluding hydrogens is 274 g/mol. The highest BCUT2D eigenvalue weighted by Crippen LogP contribution is 2.27. The van der Waals surface area contributed by atoms with Gasteiger partial charge in [0.25, 0.3) is 5.91 Å². The van der Waals surface area contributed by atoms with Gasteiger partial charge in [0.2, 0.25) is 0 Å². The number of urea groups is 1. The molecule has 0 saturated carbocycles. The van der Waals surface area contributed by atoms with E-state index in [2.05, 4.69) is 5.32 Å². The van der Waals surface area contributed by atoms with Crippen LogP contribution < -0.4 is 5.32 Å². The van der Waals surface area contributed by atoms with Gasteiger partial charge < -0.3 is 10.1 Å². The molecule has 0 aromatic heterocycles. The smallest absolute Gasteiger partial charge is 0.327 e. The van der Waals surface area contributed by atoms with Crippen LogP contribution in [0.5, 0.6) is 0 Å². The molecule has 7 nitrogen and oxygen atoms in total. The van der Waals surface area contributed by atoms with Crippen molar-refractivity contribution in [1.29, 1.82) is 5.26 Å². The molecule has 7 heteroatoms. The fourth-order valence-corrected chi connectivity index (χ4v) is 2.53. The van der Waals surface area contributed by atoms with Crippen molar-refractivity contribution in [2.45, 2.75) is 58.1 Å². The van der Waals surface area contributed by atoms with Crippen LogP contribution in [0.4, 0.5) is 4.79 Å². The lowest BCUT2D eigenvalue weighted by molar-refractivity contribution is -0.149. The fourth-order valence-electron chi connectivity index (χ4n) is 2.53. The number of ether oxygens (including phenoxy) is 1. The molecule has 0 unspecified atom stereocenters. The van der Waals surface area contributed by atoms with E-state index in [1.165, 1.54) is 6.92 Å². The van der Waals surface area contributed by atoms with Gasteiger partial charge in [0.15, 0.2) is 6.10 Å². The lowest BCUT2D eigenvalue weighted by atomic mass is 9.88. The molecule has 21 heavy (non-hydrogen) atoms. The fraction of sp³-hybridized carbons (Fsp3) is 0.714. The van der Waals surface area contributed by atoms with Crippen molar-refractivity contribution in [3.05, 3.63) is 0 Å². The Morgan fingerprint density at radius 1 is 1.38 bits per heavy atom. The van der Waals surface area contributed by atoms with E-state index in [4.69, 9.17) is 10.00 Å². The molecule has 1 atom stereocenters. The molecular formula is C14H21N3O4. The van der Waals surface area contributed by atoms with Crippen LogP contribution in [-0.2, 0) is 14.3 Å². The first-order chi connectivity index (χ1) is 9.90. The summed E-state index contributed by atoms with van der Waals surface area (Å²) in [4.78, 5) is 37.0. The van der Waals surface area contributed by atoms with Crippen LogP contribution >= 0.6 is 0 Å². The number of carbonyl (C=O) groups is 3. The summed E-state index contributed by atoms with van der Waals surface area (Å²) in [5, 5.41) is 11.3. The minimum absolute atomic E-state index is 0.391. The average molecular weight is 295 g/mol. The predicted octanol–water partition coefficient (Wildman–Crippen LogP) is 1.33. The van der Waals surface area contributed by atoms with Gasteiger partial charge in [0, 0.05) is 0 Å². The Morgan fingerprint density at radius 3 is 2.43 bits per heavy atom. The van der Waals surface area contributed by atoms with Crippen molar-refractivity contribution >= 4 is 17.9 Å². The largest absolute Gasteiger partial charge is 0.446 e. The monoisotopic (exact) mass is 295 g/mol. The molecule has 1 aliphatic heterocycles. The maximum absolute atomic E-state index is 12.5. The van der Waals surface area contributed by atoms with Crippen LogP contribution in [0.15, 0.2) is 0 Å². The molecule has 0 radical (unpaired) electrons. The molecule has 1 fully saturated rings. The minimum Gasteiger partial charge on any atom is -0.446 e. The number of nitriles is 1. The van der Waals surface area contributed by atoms with Crippen molar-refractivity contribution in [3.63, 3.8) is 0 Å². The Labute approximate surface area is 124 Å². The normalized spacial score (nSPS) is 18.1. The van der Waals surface area contributed by atoms with Crippen LogP contribution in [-0.4, -0.2) is 41.0 Å². The van der Waals surface area contributed by atoms with Crippen LogP contribution in [0.3, 0.4) is 0 Å². The molecule has 1 rings (SSSR count). The molecule has 1 saturated heterocycles. The van der Waals surface area contributed by atoms with E-state index in [0.717, 1.165) is 17.7 Å². The molecule has 1 aliphatic rings. The van der Waals surface area contributed by atoms with Crippen molar-refractivity contribution in [3.8, 4) is 6.07 Å². The lowest BCUT2D eigenvalue weighted by Crippen LogP contribution is -2.47. The number of amides is 3. The number of hydrogen-bond donors (Lipinski definition) is 1. The number of rotatable bonds is 7. The van der Waals surface area contributed by atoms with Crippen molar-refractivity contribution < 1.29 is 19.1 Å². The van der Waals surface area contributed by atoms with Crippen molar-refractivity contribution in [2.75, 3.05) is 6.54 Å². The van der Waals surface area contributed by atoms with Gasteiger partial charge in [0.1, 0.15) is 18.2 Å². The maximum Gasteiger partial charge on any atom is 0.327 e. The Hall–Kier alpha value is -2.10. The van der Waals surface area contributed by atoms with E-state index in [1.54, 1.807) is 6.07 Å². The van der Waals surface area contributed by atoms with Gasteiger partial charge in [-0.3, -0.25) is 14.5 Å². The summed E-state index contributed by atoms with van der Waals surface area (Å²) >= 11 is 0. The highest BCUT2D eigenvalue weighted by molar-refractivity contribution is 6.08. The maximum atomic E-state index is 12.5.